The zero-order valence-corrected chi connectivity index (χ0v) is 17.7. The van der Waals surface area contributed by atoms with Crippen molar-refractivity contribution in [3.8, 4) is 5.75 Å². The number of amides is 1. The highest BCUT2D eigenvalue weighted by Gasteiger charge is 2.19. The van der Waals surface area contributed by atoms with E-state index in [1.54, 1.807) is 25.3 Å². The summed E-state index contributed by atoms with van der Waals surface area (Å²) in [6.45, 7) is 3.10. The molecule has 2 aromatic carbocycles. The molecule has 7 heteroatoms. The van der Waals surface area contributed by atoms with Crippen LogP contribution in [0, 0.1) is 6.92 Å². The van der Waals surface area contributed by atoms with E-state index in [2.05, 4.69) is 10.3 Å². The summed E-state index contributed by atoms with van der Waals surface area (Å²) in [5, 5.41) is 4.28. The number of para-hydroxylation sites is 1. The molecule has 1 N–H and O–H groups in total. The third-order valence-corrected chi connectivity index (χ3v) is 5.51. The van der Waals surface area contributed by atoms with Crippen LogP contribution >= 0.6 is 11.6 Å². The first kappa shape index (κ1) is 20.4. The predicted octanol–water partition coefficient (Wildman–Crippen LogP) is 4.54. The highest BCUT2D eigenvalue weighted by molar-refractivity contribution is 6.31. The molecule has 1 fully saturated rings. The number of rotatable bonds is 5. The molecule has 0 bridgehead atoms. The van der Waals surface area contributed by atoms with E-state index in [9.17, 15) is 4.79 Å². The molecule has 6 nitrogen and oxygen atoms in total. The standard InChI is InChI=1S/C23H23ClN2O4/c1-14-8-9-16(12-19(14)24)26-23-18(22(27)25-13-17-6-4-10-29-17)11-15-5-3-7-20(28-2)21(15)30-23/h3,5,7-9,11-12,17H,4,6,10,13H2,1-2H3,(H,25,27). The molecule has 156 valence electrons. The van der Waals surface area contributed by atoms with Gasteiger partial charge in [0.25, 0.3) is 5.91 Å². The summed E-state index contributed by atoms with van der Waals surface area (Å²) in [5.74, 6) is 0.299. The Kier molecular flexibility index (Phi) is 6.06. The number of carbonyl (C=O) groups excluding carboxylic acids is 1. The number of hydrogen-bond donors (Lipinski definition) is 1. The number of benzene rings is 2. The summed E-state index contributed by atoms with van der Waals surface area (Å²) >= 11 is 6.24. The van der Waals surface area contributed by atoms with E-state index in [1.165, 1.54) is 0 Å². The zero-order valence-electron chi connectivity index (χ0n) is 16.9. The summed E-state index contributed by atoms with van der Waals surface area (Å²) in [5.41, 5.74) is 2.59. The molecule has 1 aliphatic rings. The van der Waals surface area contributed by atoms with Crippen LogP contribution in [-0.4, -0.2) is 32.3 Å². The number of nitrogens with one attached hydrogen (secondary N) is 1. The minimum absolute atomic E-state index is 0.0442. The molecule has 1 atom stereocenters. The van der Waals surface area contributed by atoms with Gasteiger partial charge in [-0.15, -0.1) is 0 Å². The monoisotopic (exact) mass is 426 g/mol. The van der Waals surface area contributed by atoms with Gasteiger partial charge in [-0.05, 0) is 49.6 Å². The Bertz CT molecular complexity index is 1150. The van der Waals surface area contributed by atoms with Gasteiger partial charge in [0.2, 0.25) is 5.55 Å². The lowest BCUT2D eigenvalue weighted by atomic mass is 10.1. The van der Waals surface area contributed by atoms with Crippen molar-refractivity contribution >= 4 is 34.2 Å². The average Bonchev–Trinajstić information content (AvgIpc) is 3.27. The predicted molar refractivity (Wildman–Crippen MR) is 115 cm³/mol. The highest BCUT2D eigenvalue weighted by Crippen LogP contribution is 2.26. The van der Waals surface area contributed by atoms with Gasteiger partial charge >= 0.3 is 0 Å². The minimum atomic E-state index is -0.268. The van der Waals surface area contributed by atoms with Gasteiger partial charge in [0, 0.05) is 23.6 Å². The number of methoxy groups -OCH3 is 1. The van der Waals surface area contributed by atoms with Crippen LogP contribution in [0.4, 0.5) is 5.69 Å². The smallest absolute Gasteiger partial charge is 0.256 e. The lowest BCUT2D eigenvalue weighted by Crippen LogP contribution is -2.34. The van der Waals surface area contributed by atoms with E-state index < -0.39 is 0 Å². The van der Waals surface area contributed by atoms with Crippen LogP contribution in [0.15, 0.2) is 51.9 Å². The number of aryl methyl sites for hydroxylation is 1. The molecular formula is C23H23ClN2O4. The first-order valence-electron chi connectivity index (χ1n) is 9.86. The molecular weight excluding hydrogens is 404 g/mol. The number of ether oxygens (including phenoxy) is 2. The van der Waals surface area contributed by atoms with Gasteiger partial charge in [0.1, 0.15) is 5.56 Å². The molecule has 0 aliphatic carbocycles. The van der Waals surface area contributed by atoms with E-state index in [-0.39, 0.29) is 17.6 Å². The minimum Gasteiger partial charge on any atom is -0.493 e. The van der Waals surface area contributed by atoms with E-state index in [4.69, 9.17) is 25.5 Å². The molecule has 1 aromatic heterocycles. The topological polar surface area (TPSA) is 73.1 Å². The van der Waals surface area contributed by atoms with Gasteiger partial charge in [-0.25, -0.2) is 4.99 Å². The summed E-state index contributed by atoms with van der Waals surface area (Å²) in [6, 6.07) is 12.7. The van der Waals surface area contributed by atoms with Gasteiger partial charge in [0.05, 0.1) is 18.9 Å². The van der Waals surface area contributed by atoms with Crippen LogP contribution in [0.25, 0.3) is 11.0 Å². The largest absolute Gasteiger partial charge is 0.493 e. The van der Waals surface area contributed by atoms with Gasteiger partial charge in [-0.3, -0.25) is 4.79 Å². The summed E-state index contributed by atoms with van der Waals surface area (Å²) in [7, 11) is 1.57. The maximum absolute atomic E-state index is 13.0. The van der Waals surface area contributed by atoms with E-state index in [0.29, 0.717) is 34.2 Å². The molecule has 3 aromatic rings. The molecule has 1 unspecified atom stereocenters. The fraction of sp³-hybridized carbons (Fsp3) is 0.304. The zero-order chi connectivity index (χ0) is 21.1. The quantitative estimate of drug-likeness (QED) is 0.649. The SMILES string of the molecule is COc1cccc2cc(C(=O)NCC3CCCO3)c(=Nc3ccc(C)c(Cl)c3)oc12. The Morgan fingerprint density at radius 3 is 2.90 bits per heavy atom. The Labute approximate surface area is 179 Å². The van der Waals surface area contributed by atoms with Crippen LogP contribution in [0.1, 0.15) is 28.8 Å². The lowest BCUT2D eigenvalue weighted by molar-refractivity contribution is 0.0854. The molecule has 1 amide bonds. The fourth-order valence-electron chi connectivity index (χ4n) is 3.41. The third kappa shape index (κ3) is 4.35. The fourth-order valence-corrected chi connectivity index (χ4v) is 3.58. The molecule has 0 spiro atoms. The molecule has 0 saturated carbocycles. The maximum atomic E-state index is 13.0. The molecule has 1 aliphatic heterocycles. The summed E-state index contributed by atoms with van der Waals surface area (Å²) < 4.78 is 17.1. The molecule has 4 rings (SSSR count). The van der Waals surface area contributed by atoms with Crippen molar-refractivity contribution in [3.05, 3.63) is 64.2 Å². The summed E-state index contributed by atoms with van der Waals surface area (Å²) in [6.07, 6.45) is 2.00. The molecule has 2 heterocycles. The molecule has 30 heavy (non-hydrogen) atoms. The van der Waals surface area contributed by atoms with Crippen LogP contribution in [0.5, 0.6) is 5.75 Å². The molecule has 1 saturated heterocycles. The Morgan fingerprint density at radius 2 is 2.17 bits per heavy atom. The Balaban J connectivity index is 1.79. The number of hydrogen-bond acceptors (Lipinski definition) is 5. The second-order valence-electron chi connectivity index (χ2n) is 7.23. The number of nitrogens with zero attached hydrogens (tertiary/aromatic N) is 1. The van der Waals surface area contributed by atoms with E-state index in [0.717, 1.165) is 30.4 Å². The first-order chi connectivity index (χ1) is 14.5. The number of halogens is 1. The second-order valence-corrected chi connectivity index (χ2v) is 7.64. The number of fused-ring (bicyclic) bond motifs is 1. The van der Waals surface area contributed by atoms with Crippen molar-refractivity contribution < 1.29 is 18.7 Å². The van der Waals surface area contributed by atoms with Crippen molar-refractivity contribution in [1.29, 1.82) is 0 Å². The molecule has 0 radical (unpaired) electrons. The van der Waals surface area contributed by atoms with Crippen LogP contribution in [-0.2, 0) is 4.74 Å². The normalized spacial score (nSPS) is 16.8. The van der Waals surface area contributed by atoms with Crippen molar-refractivity contribution in [2.45, 2.75) is 25.9 Å². The van der Waals surface area contributed by atoms with E-state index in [1.807, 2.05) is 31.2 Å². The van der Waals surface area contributed by atoms with Crippen LogP contribution in [0.3, 0.4) is 0 Å². The van der Waals surface area contributed by atoms with Gasteiger partial charge in [-0.1, -0.05) is 29.8 Å². The first-order valence-corrected chi connectivity index (χ1v) is 10.2. The summed E-state index contributed by atoms with van der Waals surface area (Å²) in [4.78, 5) is 17.6. The number of carbonyl (C=O) groups is 1. The second kappa shape index (κ2) is 8.90. The van der Waals surface area contributed by atoms with Crippen molar-refractivity contribution in [2.24, 2.45) is 4.99 Å². The highest BCUT2D eigenvalue weighted by atomic mass is 35.5. The van der Waals surface area contributed by atoms with Crippen molar-refractivity contribution in [1.82, 2.24) is 5.32 Å². The van der Waals surface area contributed by atoms with Crippen molar-refractivity contribution in [3.63, 3.8) is 0 Å². The average molecular weight is 427 g/mol. The van der Waals surface area contributed by atoms with Crippen LogP contribution in [0.2, 0.25) is 5.02 Å². The van der Waals surface area contributed by atoms with Crippen LogP contribution < -0.4 is 15.6 Å². The third-order valence-electron chi connectivity index (χ3n) is 5.10. The van der Waals surface area contributed by atoms with Gasteiger partial charge < -0.3 is 19.2 Å². The lowest BCUT2D eigenvalue weighted by Gasteiger charge is -2.12. The van der Waals surface area contributed by atoms with Gasteiger partial charge in [0.15, 0.2) is 11.3 Å². The van der Waals surface area contributed by atoms with E-state index >= 15 is 0 Å². The Hall–Kier alpha value is -2.83. The van der Waals surface area contributed by atoms with Crippen molar-refractivity contribution in [2.75, 3.05) is 20.3 Å². The van der Waals surface area contributed by atoms with Gasteiger partial charge in [-0.2, -0.15) is 0 Å². The maximum Gasteiger partial charge on any atom is 0.256 e. The Morgan fingerprint density at radius 1 is 1.30 bits per heavy atom.